The average Bonchev–Trinajstić information content (AvgIpc) is 3.16. The Hall–Kier alpha value is -0.260. The lowest BCUT2D eigenvalue weighted by Crippen LogP contribution is -2.32. The lowest BCUT2D eigenvalue weighted by molar-refractivity contribution is -0.123. The molecule has 0 aromatic rings. The number of hydrogen-bond donors (Lipinski definition) is 1. The summed E-state index contributed by atoms with van der Waals surface area (Å²) in [7, 11) is 0. The van der Waals surface area contributed by atoms with E-state index in [4.69, 9.17) is 9.47 Å². The molecule has 2 fully saturated rings. The van der Waals surface area contributed by atoms with Crippen molar-refractivity contribution >= 4 is 17.7 Å². The number of carbonyl (C=O) groups is 1. The van der Waals surface area contributed by atoms with Gasteiger partial charge in [-0.05, 0) is 67.3 Å². The number of ether oxygens (including phenoxy) is 2. The standard InChI is InChI=1S/C21H39NO3S/c1-3-5-11-24-13-14-25-12-10-22-19(23)16-20-6-8-21(17-20,9-7-20)18-26-15-4-2/h3-18H2,1-2H3,(H,22,23). The first-order valence-corrected chi connectivity index (χ1v) is 11.8. The predicted octanol–water partition coefficient (Wildman–Crippen LogP) is 4.42. The van der Waals surface area contributed by atoms with Crippen LogP contribution in [0.4, 0.5) is 0 Å². The first-order chi connectivity index (χ1) is 12.6. The first-order valence-electron chi connectivity index (χ1n) is 10.6. The van der Waals surface area contributed by atoms with Gasteiger partial charge < -0.3 is 14.8 Å². The lowest BCUT2D eigenvalue weighted by atomic mass is 9.80. The summed E-state index contributed by atoms with van der Waals surface area (Å²) in [4.78, 5) is 12.4. The lowest BCUT2D eigenvalue weighted by Gasteiger charge is -2.27. The Balaban J connectivity index is 1.53. The van der Waals surface area contributed by atoms with Crippen molar-refractivity contribution in [2.45, 2.75) is 71.6 Å². The molecule has 0 atom stereocenters. The third-order valence-corrected chi connectivity index (χ3v) is 7.51. The molecule has 152 valence electrons. The molecule has 0 aliphatic heterocycles. The fourth-order valence-corrected chi connectivity index (χ4v) is 5.82. The molecule has 0 aromatic carbocycles. The van der Waals surface area contributed by atoms with Crippen molar-refractivity contribution in [1.82, 2.24) is 5.32 Å². The molecule has 0 spiro atoms. The molecule has 2 bridgehead atoms. The molecular formula is C21H39NO3S. The number of amides is 1. The van der Waals surface area contributed by atoms with Crippen molar-refractivity contribution in [3.8, 4) is 0 Å². The highest BCUT2D eigenvalue weighted by molar-refractivity contribution is 7.99. The number of nitrogens with one attached hydrogen (secondary N) is 1. The van der Waals surface area contributed by atoms with Gasteiger partial charge >= 0.3 is 0 Å². The zero-order valence-electron chi connectivity index (χ0n) is 16.9. The van der Waals surface area contributed by atoms with Gasteiger partial charge in [0.1, 0.15) is 0 Å². The Labute approximate surface area is 164 Å². The number of hydrogen-bond acceptors (Lipinski definition) is 4. The predicted molar refractivity (Wildman–Crippen MR) is 110 cm³/mol. The van der Waals surface area contributed by atoms with Crippen LogP contribution in [0.3, 0.4) is 0 Å². The summed E-state index contributed by atoms with van der Waals surface area (Å²) in [5.41, 5.74) is 0.839. The molecule has 1 amide bonds. The van der Waals surface area contributed by atoms with Crippen LogP contribution in [0.1, 0.15) is 71.6 Å². The van der Waals surface area contributed by atoms with E-state index in [1.165, 1.54) is 50.0 Å². The Morgan fingerprint density at radius 3 is 2.35 bits per heavy atom. The van der Waals surface area contributed by atoms with E-state index in [1.54, 1.807) is 0 Å². The fraction of sp³-hybridized carbons (Fsp3) is 0.952. The highest BCUT2D eigenvalue weighted by atomic mass is 32.2. The Kier molecular flexibility index (Phi) is 9.79. The van der Waals surface area contributed by atoms with Crippen LogP contribution in [0.25, 0.3) is 0 Å². The Morgan fingerprint density at radius 1 is 0.962 bits per heavy atom. The van der Waals surface area contributed by atoms with Gasteiger partial charge in [-0.15, -0.1) is 0 Å². The summed E-state index contributed by atoms with van der Waals surface area (Å²) in [5, 5.41) is 3.05. The van der Waals surface area contributed by atoms with Crippen LogP contribution in [-0.2, 0) is 14.3 Å². The highest BCUT2D eigenvalue weighted by Crippen LogP contribution is 2.63. The molecule has 0 heterocycles. The summed E-state index contributed by atoms with van der Waals surface area (Å²) in [5.74, 6) is 2.80. The molecule has 1 N–H and O–H groups in total. The maximum Gasteiger partial charge on any atom is 0.220 e. The van der Waals surface area contributed by atoms with Crippen LogP contribution in [0.2, 0.25) is 0 Å². The zero-order valence-corrected chi connectivity index (χ0v) is 17.8. The second kappa shape index (κ2) is 11.6. The minimum Gasteiger partial charge on any atom is -0.379 e. The van der Waals surface area contributed by atoms with E-state index in [1.807, 2.05) is 0 Å². The minimum atomic E-state index is 0.215. The topological polar surface area (TPSA) is 47.6 Å². The summed E-state index contributed by atoms with van der Waals surface area (Å²) in [6.07, 6.45) is 10.7. The molecule has 4 nitrogen and oxygen atoms in total. The maximum atomic E-state index is 12.4. The van der Waals surface area contributed by atoms with Gasteiger partial charge in [-0.1, -0.05) is 20.3 Å². The van der Waals surface area contributed by atoms with Crippen molar-refractivity contribution in [1.29, 1.82) is 0 Å². The molecule has 5 heteroatoms. The third-order valence-electron chi connectivity index (χ3n) is 6.00. The summed E-state index contributed by atoms with van der Waals surface area (Å²) >= 11 is 2.12. The number of carbonyl (C=O) groups excluding carboxylic acids is 1. The molecule has 0 unspecified atom stereocenters. The van der Waals surface area contributed by atoms with Crippen LogP contribution in [0.15, 0.2) is 0 Å². The van der Waals surface area contributed by atoms with Crippen LogP contribution in [0.5, 0.6) is 0 Å². The van der Waals surface area contributed by atoms with Gasteiger partial charge in [0.15, 0.2) is 0 Å². The number of unbranched alkanes of at least 4 members (excludes halogenated alkanes) is 1. The van der Waals surface area contributed by atoms with Gasteiger partial charge in [0, 0.05) is 19.6 Å². The van der Waals surface area contributed by atoms with E-state index >= 15 is 0 Å². The van der Waals surface area contributed by atoms with Crippen molar-refractivity contribution in [2.24, 2.45) is 10.8 Å². The van der Waals surface area contributed by atoms with Crippen LogP contribution in [0, 0.1) is 10.8 Å². The molecular weight excluding hydrogens is 346 g/mol. The van der Waals surface area contributed by atoms with Gasteiger partial charge in [-0.3, -0.25) is 4.79 Å². The number of thioether (sulfide) groups is 1. The summed E-state index contributed by atoms with van der Waals surface area (Å²) in [6.45, 7) is 7.68. The number of fused-ring (bicyclic) bond motifs is 2. The van der Waals surface area contributed by atoms with Crippen molar-refractivity contribution in [3.05, 3.63) is 0 Å². The molecule has 0 saturated heterocycles. The molecule has 0 radical (unpaired) electrons. The Bertz CT molecular complexity index is 408. The molecule has 2 aliphatic rings. The van der Waals surface area contributed by atoms with Crippen LogP contribution in [-0.4, -0.2) is 50.4 Å². The van der Waals surface area contributed by atoms with Crippen molar-refractivity contribution in [3.63, 3.8) is 0 Å². The quantitative estimate of drug-likeness (QED) is 0.424. The zero-order chi connectivity index (χ0) is 18.7. The molecule has 26 heavy (non-hydrogen) atoms. The normalized spacial score (nSPS) is 27.2. The second-order valence-electron chi connectivity index (χ2n) is 8.33. The van der Waals surface area contributed by atoms with Gasteiger partial charge in [-0.2, -0.15) is 11.8 Å². The number of rotatable bonds is 15. The largest absolute Gasteiger partial charge is 0.379 e. The summed E-state index contributed by atoms with van der Waals surface area (Å²) in [6, 6.07) is 0. The van der Waals surface area contributed by atoms with Crippen LogP contribution < -0.4 is 5.32 Å². The molecule has 2 saturated carbocycles. The van der Waals surface area contributed by atoms with Gasteiger partial charge in [0.2, 0.25) is 5.91 Å². The van der Waals surface area contributed by atoms with Crippen molar-refractivity contribution < 1.29 is 14.3 Å². The van der Waals surface area contributed by atoms with Gasteiger partial charge in [-0.25, -0.2) is 0 Å². The first kappa shape index (κ1) is 22.0. The van der Waals surface area contributed by atoms with Gasteiger partial charge in [0.25, 0.3) is 0 Å². The SMILES string of the molecule is CCCCOCCOCCNC(=O)CC12CCC(CSCCC)(CC1)C2. The Morgan fingerprint density at radius 2 is 1.65 bits per heavy atom. The highest BCUT2D eigenvalue weighted by Gasteiger charge is 2.54. The van der Waals surface area contributed by atoms with E-state index in [0.29, 0.717) is 43.6 Å². The van der Waals surface area contributed by atoms with E-state index in [-0.39, 0.29) is 5.91 Å². The van der Waals surface area contributed by atoms with E-state index in [9.17, 15) is 4.79 Å². The monoisotopic (exact) mass is 385 g/mol. The summed E-state index contributed by atoms with van der Waals surface area (Å²) < 4.78 is 11.0. The van der Waals surface area contributed by atoms with E-state index in [2.05, 4.69) is 30.9 Å². The average molecular weight is 386 g/mol. The van der Waals surface area contributed by atoms with Gasteiger partial charge in [0.05, 0.1) is 19.8 Å². The fourth-order valence-electron chi connectivity index (χ4n) is 4.56. The van der Waals surface area contributed by atoms with Crippen LogP contribution >= 0.6 is 11.8 Å². The smallest absolute Gasteiger partial charge is 0.220 e. The second-order valence-corrected chi connectivity index (χ2v) is 9.44. The molecule has 2 aliphatic carbocycles. The third kappa shape index (κ3) is 7.05. The molecule has 2 rings (SSSR count). The maximum absolute atomic E-state index is 12.4. The van der Waals surface area contributed by atoms with Crippen molar-refractivity contribution in [2.75, 3.05) is 44.5 Å². The minimum absolute atomic E-state index is 0.215. The van der Waals surface area contributed by atoms with E-state index in [0.717, 1.165) is 19.4 Å². The van der Waals surface area contributed by atoms with E-state index < -0.39 is 0 Å². The molecule has 0 aromatic heterocycles.